The molecular formula is C68H131NO5. The average Bonchev–Trinajstić information content (AvgIpc) is 3.40. The van der Waals surface area contributed by atoms with Crippen molar-refractivity contribution in [2.24, 2.45) is 0 Å². The number of allylic oxidation sites excluding steroid dienone is 4. The number of hydrogen-bond acceptors (Lipinski definition) is 5. The molecule has 0 heterocycles. The largest absolute Gasteiger partial charge is 0.466 e. The van der Waals surface area contributed by atoms with Gasteiger partial charge in [0.25, 0.3) is 0 Å². The van der Waals surface area contributed by atoms with Gasteiger partial charge in [-0.15, -0.1) is 0 Å². The third-order valence-corrected chi connectivity index (χ3v) is 15.7. The van der Waals surface area contributed by atoms with Crippen molar-refractivity contribution < 1.29 is 24.5 Å². The first-order valence-corrected chi connectivity index (χ1v) is 33.6. The summed E-state index contributed by atoms with van der Waals surface area (Å²) in [5.41, 5.74) is 0. The minimum absolute atomic E-state index is 0.0127. The van der Waals surface area contributed by atoms with Crippen molar-refractivity contribution in [1.82, 2.24) is 5.32 Å². The highest BCUT2D eigenvalue weighted by Gasteiger charge is 2.20. The molecule has 438 valence electrons. The molecule has 0 saturated carbocycles. The summed E-state index contributed by atoms with van der Waals surface area (Å²) in [5.74, 6) is -0.0221. The highest BCUT2D eigenvalue weighted by Crippen LogP contribution is 2.18. The maximum Gasteiger partial charge on any atom is 0.305 e. The van der Waals surface area contributed by atoms with E-state index in [0.717, 1.165) is 44.9 Å². The number of carbonyl (C=O) groups is 2. The second kappa shape index (κ2) is 63.9. The lowest BCUT2D eigenvalue weighted by molar-refractivity contribution is -0.143. The topological polar surface area (TPSA) is 95.9 Å². The summed E-state index contributed by atoms with van der Waals surface area (Å²) < 4.78 is 5.50. The van der Waals surface area contributed by atoms with E-state index in [1.807, 2.05) is 0 Å². The van der Waals surface area contributed by atoms with Crippen molar-refractivity contribution in [2.45, 2.75) is 386 Å². The molecule has 0 radical (unpaired) electrons. The minimum Gasteiger partial charge on any atom is -0.466 e. The van der Waals surface area contributed by atoms with E-state index in [1.165, 1.54) is 295 Å². The number of unbranched alkanes of at least 4 members (excludes halogenated alkanes) is 48. The molecule has 0 bridgehead atoms. The third kappa shape index (κ3) is 59.6. The quantitative estimate of drug-likeness (QED) is 0.0320. The van der Waals surface area contributed by atoms with E-state index >= 15 is 0 Å². The van der Waals surface area contributed by atoms with Crippen LogP contribution in [0.4, 0.5) is 0 Å². The fraction of sp³-hybridized carbons (Fsp3) is 0.912. The van der Waals surface area contributed by atoms with Crippen LogP contribution in [0.15, 0.2) is 24.3 Å². The van der Waals surface area contributed by atoms with Gasteiger partial charge in [0.2, 0.25) is 5.91 Å². The van der Waals surface area contributed by atoms with Crippen LogP contribution >= 0.6 is 0 Å². The highest BCUT2D eigenvalue weighted by molar-refractivity contribution is 5.76. The first-order chi connectivity index (χ1) is 36.5. The Kier molecular flexibility index (Phi) is 62.4. The molecule has 0 aliphatic rings. The number of aliphatic hydroxyl groups excluding tert-OH is 2. The van der Waals surface area contributed by atoms with Crippen molar-refractivity contribution in [2.75, 3.05) is 13.2 Å². The van der Waals surface area contributed by atoms with Gasteiger partial charge in [-0.3, -0.25) is 9.59 Å². The van der Waals surface area contributed by atoms with Gasteiger partial charge in [0.15, 0.2) is 0 Å². The van der Waals surface area contributed by atoms with Crippen LogP contribution in [0.2, 0.25) is 0 Å². The number of aliphatic hydroxyl groups is 2. The number of hydrogen-bond donors (Lipinski definition) is 3. The van der Waals surface area contributed by atoms with Crippen LogP contribution in [0.5, 0.6) is 0 Å². The van der Waals surface area contributed by atoms with Gasteiger partial charge in [0, 0.05) is 12.8 Å². The molecule has 2 unspecified atom stereocenters. The zero-order valence-corrected chi connectivity index (χ0v) is 50.1. The predicted octanol–water partition coefficient (Wildman–Crippen LogP) is 21.4. The number of nitrogens with one attached hydrogen (secondary N) is 1. The third-order valence-electron chi connectivity index (χ3n) is 15.7. The van der Waals surface area contributed by atoms with Crippen molar-refractivity contribution in [3.05, 3.63) is 24.3 Å². The number of rotatable bonds is 63. The SMILES string of the molecule is CCCCCCCCC/C=C\CCCCCCCCCC(=O)OCCCCCCCCCCCCCC/C=C\CCCCCCCCCCCCCC(=O)NC(CO)C(O)CCCCCCCCCCCCCC. The molecule has 0 aromatic heterocycles. The zero-order chi connectivity index (χ0) is 53.6. The molecule has 74 heavy (non-hydrogen) atoms. The van der Waals surface area contributed by atoms with E-state index < -0.39 is 12.1 Å². The molecule has 0 spiro atoms. The molecule has 6 nitrogen and oxygen atoms in total. The standard InChI is InChI=1S/C68H131NO5/c1-3-5-7-9-11-13-15-17-18-19-32-35-38-42-46-50-54-58-62-68(73)74-63-59-55-51-47-43-39-36-33-30-28-26-24-22-20-21-23-25-27-29-31-34-37-41-45-49-53-57-61-67(72)69-65(64-70)66(71)60-56-52-48-44-40-16-14-12-10-8-6-4-2/h18-21,65-66,70-71H,3-17,22-64H2,1-2H3,(H,69,72)/b19-18-,21-20-. The number of ether oxygens (including phenoxy) is 1. The average molecular weight is 1040 g/mol. The van der Waals surface area contributed by atoms with Gasteiger partial charge in [0.1, 0.15) is 0 Å². The molecule has 0 aromatic rings. The van der Waals surface area contributed by atoms with E-state index in [2.05, 4.69) is 43.5 Å². The van der Waals surface area contributed by atoms with Gasteiger partial charge in [-0.25, -0.2) is 0 Å². The van der Waals surface area contributed by atoms with Gasteiger partial charge in [0.05, 0.1) is 25.4 Å². The summed E-state index contributed by atoms with van der Waals surface area (Å²) in [6, 6.07) is -0.541. The molecule has 3 N–H and O–H groups in total. The number of carbonyl (C=O) groups excluding carboxylic acids is 2. The Labute approximate surface area is 462 Å². The lowest BCUT2D eigenvalue weighted by Crippen LogP contribution is -2.45. The smallest absolute Gasteiger partial charge is 0.305 e. The van der Waals surface area contributed by atoms with Crippen LogP contribution in [0.3, 0.4) is 0 Å². The fourth-order valence-corrected chi connectivity index (χ4v) is 10.6. The maximum absolute atomic E-state index is 12.5. The maximum atomic E-state index is 12.5. The Bertz CT molecular complexity index is 1150. The van der Waals surface area contributed by atoms with Gasteiger partial charge >= 0.3 is 5.97 Å². The summed E-state index contributed by atoms with van der Waals surface area (Å²) in [6.07, 6.45) is 79.3. The van der Waals surface area contributed by atoms with Crippen LogP contribution in [0.25, 0.3) is 0 Å². The van der Waals surface area contributed by atoms with Gasteiger partial charge in [-0.05, 0) is 77.0 Å². The lowest BCUT2D eigenvalue weighted by atomic mass is 10.0. The minimum atomic E-state index is -0.663. The predicted molar refractivity (Wildman–Crippen MR) is 324 cm³/mol. The summed E-state index contributed by atoms with van der Waals surface area (Å²) in [5, 5.41) is 23.2. The molecule has 1 amide bonds. The van der Waals surface area contributed by atoms with Crippen molar-refractivity contribution in [3.63, 3.8) is 0 Å². The molecule has 0 saturated heterocycles. The monoisotopic (exact) mass is 1040 g/mol. The van der Waals surface area contributed by atoms with Crippen LogP contribution in [0, 0.1) is 0 Å². The summed E-state index contributed by atoms with van der Waals surface area (Å²) >= 11 is 0. The van der Waals surface area contributed by atoms with Crippen LogP contribution in [-0.2, 0) is 14.3 Å². The first kappa shape index (κ1) is 72.3. The van der Waals surface area contributed by atoms with Crippen molar-refractivity contribution in [1.29, 1.82) is 0 Å². The molecule has 0 aromatic carbocycles. The Morgan fingerprint density at radius 1 is 0.365 bits per heavy atom. The van der Waals surface area contributed by atoms with E-state index in [0.29, 0.717) is 25.9 Å². The number of esters is 1. The summed E-state index contributed by atoms with van der Waals surface area (Å²) in [6.45, 7) is 4.97. The summed E-state index contributed by atoms with van der Waals surface area (Å²) in [7, 11) is 0. The van der Waals surface area contributed by atoms with Gasteiger partial charge in [-0.2, -0.15) is 0 Å². The first-order valence-electron chi connectivity index (χ1n) is 33.6. The second-order valence-electron chi connectivity index (χ2n) is 23.1. The molecule has 0 aliphatic carbocycles. The number of amides is 1. The molecule has 0 aliphatic heterocycles. The van der Waals surface area contributed by atoms with E-state index in [4.69, 9.17) is 4.74 Å². The zero-order valence-electron chi connectivity index (χ0n) is 50.1. The Morgan fingerprint density at radius 2 is 0.635 bits per heavy atom. The van der Waals surface area contributed by atoms with Gasteiger partial charge < -0.3 is 20.3 Å². The molecule has 6 heteroatoms. The van der Waals surface area contributed by atoms with Crippen LogP contribution in [0.1, 0.15) is 373 Å². The van der Waals surface area contributed by atoms with Gasteiger partial charge in [-0.1, -0.05) is 308 Å². The van der Waals surface area contributed by atoms with E-state index in [-0.39, 0.29) is 18.5 Å². The Balaban J connectivity index is 3.35. The summed E-state index contributed by atoms with van der Waals surface area (Å²) in [4.78, 5) is 24.6. The molecule has 0 fully saturated rings. The van der Waals surface area contributed by atoms with E-state index in [1.54, 1.807) is 0 Å². The lowest BCUT2D eigenvalue weighted by Gasteiger charge is -2.22. The Hall–Kier alpha value is -1.66. The van der Waals surface area contributed by atoms with Crippen LogP contribution < -0.4 is 5.32 Å². The normalized spacial score (nSPS) is 12.6. The highest BCUT2D eigenvalue weighted by atomic mass is 16.5. The molecule has 2 atom stereocenters. The van der Waals surface area contributed by atoms with Crippen molar-refractivity contribution >= 4 is 11.9 Å². The van der Waals surface area contributed by atoms with E-state index in [9.17, 15) is 19.8 Å². The van der Waals surface area contributed by atoms with Crippen LogP contribution in [-0.4, -0.2) is 47.4 Å². The Morgan fingerprint density at radius 3 is 0.959 bits per heavy atom. The molecule has 0 rings (SSSR count). The molecular weight excluding hydrogens is 911 g/mol. The fourth-order valence-electron chi connectivity index (χ4n) is 10.6. The second-order valence-corrected chi connectivity index (χ2v) is 23.1. The van der Waals surface area contributed by atoms with Crippen molar-refractivity contribution in [3.8, 4) is 0 Å².